The summed E-state index contributed by atoms with van der Waals surface area (Å²) in [5.74, 6) is 0.534. The highest BCUT2D eigenvalue weighted by Crippen LogP contribution is 2.16. The maximum absolute atomic E-state index is 12.4. The minimum Gasteiger partial charge on any atom is -0.381 e. The van der Waals surface area contributed by atoms with Crippen molar-refractivity contribution in [2.24, 2.45) is 5.92 Å². The molecule has 1 aromatic rings. The Morgan fingerprint density at radius 1 is 1.63 bits per heavy atom. The number of amides is 1. The van der Waals surface area contributed by atoms with Gasteiger partial charge in [-0.3, -0.25) is 9.48 Å². The van der Waals surface area contributed by atoms with Gasteiger partial charge in [-0.05, 0) is 19.8 Å². The molecule has 1 aromatic heterocycles. The van der Waals surface area contributed by atoms with Gasteiger partial charge in [-0.15, -0.1) is 0 Å². The Bertz CT molecular complexity index is 436. The Morgan fingerprint density at radius 2 is 2.42 bits per heavy atom. The van der Waals surface area contributed by atoms with Crippen LogP contribution in [0.4, 0.5) is 0 Å². The van der Waals surface area contributed by atoms with Crippen LogP contribution in [0.1, 0.15) is 35.8 Å². The van der Waals surface area contributed by atoms with E-state index in [0.29, 0.717) is 5.92 Å². The van der Waals surface area contributed by atoms with Gasteiger partial charge < -0.3 is 9.64 Å². The summed E-state index contributed by atoms with van der Waals surface area (Å²) in [6.45, 7) is 7.20. The number of carbonyl (C=O) groups excluding carboxylic acids is 1. The van der Waals surface area contributed by atoms with Gasteiger partial charge >= 0.3 is 0 Å². The first kappa shape index (κ1) is 14.1. The van der Waals surface area contributed by atoms with Gasteiger partial charge in [-0.2, -0.15) is 5.10 Å². The van der Waals surface area contributed by atoms with Crippen LogP contribution in [0.15, 0.2) is 6.20 Å². The summed E-state index contributed by atoms with van der Waals surface area (Å²) in [6.07, 6.45) is 3.93. The molecular weight excluding hydrogens is 242 g/mol. The molecule has 0 saturated carbocycles. The van der Waals surface area contributed by atoms with Gasteiger partial charge in [0.25, 0.3) is 5.91 Å². The first-order chi connectivity index (χ1) is 9.11. The van der Waals surface area contributed by atoms with Gasteiger partial charge in [0.1, 0.15) is 0 Å². The molecule has 5 heteroatoms. The van der Waals surface area contributed by atoms with Crippen LogP contribution in [-0.4, -0.2) is 47.4 Å². The molecule has 19 heavy (non-hydrogen) atoms. The Balaban J connectivity index is 2.01. The maximum Gasteiger partial charge on any atom is 0.257 e. The SMILES string of the molecule is CCCn1cc(C(=O)N(C)CC2CCOC2)c(C)n1. The predicted molar refractivity (Wildman–Crippen MR) is 73.1 cm³/mol. The summed E-state index contributed by atoms with van der Waals surface area (Å²) in [7, 11) is 1.86. The van der Waals surface area contributed by atoms with E-state index in [0.717, 1.165) is 50.4 Å². The molecule has 1 saturated heterocycles. The van der Waals surface area contributed by atoms with E-state index in [-0.39, 0.29) is 5.91 Å². The van der Waals surface area contributed by atoms with Gasteiger partial charge in [-0.25, -0.2) is 0 Å². The largest absolute Gasteiger partial charge is 0.381 e. The number of hydrogen-bond donors (Lipinski definition) is 0. The van der Waals surface area contributed by atoms with Crippen molar-refractivity contribution in [1.82, 2.24) is 14.7 Å². The fourth-order valence-corrected chi connectivity index (χ4v) is 2.47. The Kier molecular flexibility index (Phi) is 4.58. The summed E-state index contributed by atoms with van der Waals surface area (Å²) < 4.78 is 7.21. The van der Waals surface area contributed by atoms with Gasteiger partial charge in [0.05, 0.1) is 17.9 Å². The molecule has 0 aromatic carbocycles. The van der Waals surface area contributed by atoms with E-state index in [1.807, 2.05) is 24.9 Å². The van der Waals surface area contributed by atoms with Crippen LogP contribution in [-0.2, 0) is 11.3 Å². The first-order valence-corrected chi connectivity index (χ1v) is 6.99. The molecule has 1 aliphatic rings. The lowest BCUT2D eigenvalue weighted by Crippen LogP contribution is -2.32. The van der Waals surface area contributed by atoms with E-state index < -0.39 is 0 Å². The number of carbonyl (C=O) groups is 1. The molecule has 1 unspecified atom stereocenters. The van der Waals surface area contributed by atoms with Gasteiger partial charge in [-0.1, -0.05) is 6.92 Å². The molecule has 2 rings (SSSR count). The van der Waals surface area contributed by atoms with Crippen LogP contribution >= 0.6 is 0 Å². The highest BCUT2D eigenvalue weighted by molar-refractivity contribution is 5.94. The number of rotatable bonds is 5. The molecule has 5 nitrogen and oxygen atoms in total. The number of ether oxygens (including phenoxy) is 1. The van der Waals surface area contributed by atoms with E-state index in [9.17, 15) is 4.79 Å². The Hall–Kier alpha value is -1.36. The van der Waals surface area contributed by atoms with E-state index in [1.54, 1.807) is 4.90 Å². The number of aryl methyl sites for hydroxylation is 2. The van der Waals surface area contributed by atoms with Crippen LogP contribution in [0, 0.1) is 12.8 Å². The average molecular weight is 265 g/mol. The van der Waals surface area contributed by atoms with Crippen molar-refractivity contribution in [3.05, 3.63) is 17.5 Å². The molecule has 0 aliphatic carbocycles. The van der Waals surface area contributed by atoms with Crippen LogP contribution in [0.25, 0.3) is 0 Å². The van der Waals surface area contributed by atoms with E-state index in [1.165, 1.54) is 0 Å². The highest BCUT2D eigenvalue weighted by Gasteiger charge is 2.22. The lowest BCUT2D eigenvalue weighted by Gasteiger charge is -2.19. The zero-order valence-corrected chi connectivity index (χ0v) is 12.1. The van der Waals surface area contributed by atoms with Crippen molar-refractivity contribution < 1.29 is 9.53 Å². The molecule has 1 amide bonds. The zero-order valence-electron chi connectivity index (χ0n) is 12.1. The van der Waals surface area contributed by atoms with Crippen molar-refractivity contribution in [3.63, 3.8) is 0 Å². The smallest absolute Gasteiger partial charge is 0.257 e. The summed E-state index contributed by atoms with van der Waals surface area (Å²) in [5.41, 5.74) is 1.53. The fourth-order valence-electron chi connectivity index (χ4n) is 2.47. The van der Waals surface area contributed by atoms with E-state index >= 15 is 0 Å². The summed E-state index contributed by atoms with van der Waals surface area (Å²) in [4.78, 5) is 14.2. The molecule has 0 radical (unpaired) electrons. The predicted octanol–water partition coefficient (Wildman–Crippen LogP) is 1.71. The third-order valence-corrected chi connectivity index (χ3v) is 3.53. The van der Waals surface area contributed by atoms with E-state index in [2.05, 4.69) is 12.0 Å². The molecule has 0 N–H and O–H groups in total. The topological polar surface area (TPSA) is 47.4 Å². The summed E-state index contributed by atoms with van der Waals surface area (Å²) >= 11 is 0. The second-order valence-electron chi connectivity index (χ2n) is 5.31. The number of hydrogen-bond acceptors (Lipinski definition) is 3. The summed E-state index contributed by atoms with van der Waals surface area (Å²) in [6, 6.07) is 0. The molecule has 0 bridgehead atoms. The minimum absolute atomic E-state index is 0.0618. The lowest BCUT2D eigenvalue weighted by molar-refractivity contribution is 0.0765. The number of aromatic nitrogens is 2. The van der Waals surface area contributed by atoms with Gasteiger partial charge in [0.15, 0.2) is 0 Å². The minimum atomic E-state index is 0.0618. The van der Waals surface area contributed by atoms with Crippen LogP contribution in [0.5, 0.6) is 0 Å². The molecule has 1 fully saturated rings. The van der Waals surface area contributed by atoms with Crippen molar-refractivity contribution in [3.8, 4) is 0 Å². The third-order valence-electron chi connectivity index (χ3n) is 3.53. The molecule has 1 aliphatic heterocycles. The van der Waals surface area contributed by atoms with Crippen LogP contribution in [0.3, 0.4) is 0 Å². The zero-order chi connectivity index (χ0) is 13.8. The Morgan fingerprint density at radius 3 is 3.05 bits per heavy atom. The van der Waals surface area contributed by atoms with Crippen molar-refractivity contribution in [1.29, 1.82) is 0 Å². The quantitative estimate of drug-likeness (QED) is 0.814. The van der Waals surface area contributed by atoms with E-state index in [4.69, 9.17) is 4.74 Å². The molecule has 0 spiro atoms. The van der Waals surface area contributed by atoms with Gasteiger partial charge in [0, 0.05) is 38.9 Å². The normalized spacial score (nSPS) is 18.8. The first-order valence-electron chi connectivity index (χ1n) is 6.99. The molecule has 2 heterocycles. The lowest BCUT2D eigenvalue weighted by atomic mass is 10.1. The fraction of sp³-hybridized carbons (Fsp3) is 0.714. The van der Waals surface area contributed by atoms with Crippen LogP contribution < -0.4 is 0 Å². The molecule has 1 atom stereocenters. The van der Waals surface area contributed by atoms with Crippen molar-refractivity contribution in [2.45, 2.75) is 33.2 Å². The third kappa shape index (κ3) is 3.35. The molecular formula is C14H23N3O2. The average Bonchev–Trinajstić information content (AvgIpc) is 2.99. The molecule has 106 valence electrons. The maximum atomic E-state index is 12.4. The van der Waals surface area contributed by atoms with Crippen molar-refractivity contribution >= 4 is 5.91 Å². The highest BCUT2D eigenvalue weighted by atomic mass is 16.5. The number of nitrogens with zero attached hydrogens (tertiary/aromatic N) is 3. The summed E-state index contributed by atoms with van der Waals surface area (Å²) in [5, 5.41) is 4.38. The monoisotopic (exact) mass is 265 g/mol. The van der Waals surface area contributed by atoms with Crippen LogP contribution in [0.2, 0.25) is 0 Å². The second-order valence-corrected chi connectivity index (χ2v) is 5.31. The van der Waals surface area contributed by atoms with Gasteiger partial charge in [0.2, 0.25) is 0 Å². The van der Waals surface area contributed by atoms with Crippen molar-refractivity contribution in [2.75, 3.05) is 26.8 Å². The second kappa shape index (κ2) is 6.19. The standard InChI is InChI=1S/C14H23N3O2/c1-4-6-17-9-13(11(2)15-17)14(18)16(3)8-12-5-7-19-10-12/h9,12H,4-8,10H2,1-3H3. The Labute approximate surface area is 114 Å².